The van der Waals surface area contributed by atoms with Crippen molar-refractivity contribution in [3.05, 3.63) is 71.4 Å². The molecule has 2 heterocycles. The minimum absolute atomic E-state index is 0.476. The number of aryl methyl sites for hydroxylation is 1. The van der Waals surface area contributed by atoms with Crippen LogP contribution in [0.2, 0.25) is 0 Å². The van der Waals surface area contributed by atoms with Gasteiger partial charge in [-0.3, -0.25) is 0 Å². The fraction of sp³-hybridized carbons (Fsp3) is 0.263. The van der Waals surface area contributed by atoms with Gasteiger partial charge in [-0.1, -0.05) is 30.3 Å². The fourth-order valence-electron chi connectivity index (χ4n) is 3.59. The predicted octanol–water partition coefficient (Wildman–Crippen LogP) is 3.76. The van der Waals surface area contributed by atoms with Crippen molar-refractivity contribution >= 4 is 10.9 Å². The van der Waals surface area contributed by atoms with Gasteiger partial charge < -0.3 is 9.47 Å². The van der Waals surface area contributed by atoms with Crippen LogP contribution in [-0.4, -0.2) is 23.1 Å². The molecule has 106 valence electrons. The first-order valence-corrected chi connectivity index (χ1v) is 7.54. The number of hydrogen-bond acceptors (Lipinski definition) is 1. The lowest BCUT2D eigenvalue weighted by Gasteiger charge is -2.32. The van der Waals surface area contributed by atoms with Crippen LogP contribution in [0.25, 0.3) is 10.9 Å². The molecule has 0 saturated heterocycles. The first-order valence-electron chi connectivity index (χ1n) is 7.54. The molecule has 2 nitrogen and oxygen atoms in total. The highest BCUT2D eigenvalue weighted by Gasteiger charge is 2.24. The molecule has 1 atom stereocenters. The normalized spacial score (nSPS) is 18.9. The Hall–Kier alpha value is -2.06. The molecule has 0 N–H and O–H groups in total. The van der Waals surface area contributed by atoms with Crippen molar-refractivity contribution in [2.75, 3.05) is 13.6 Å². The molecule has 2 aromatic carbocycles. The van der Waals surface area contributed by atoms with Gasteiger partial charge in [-0.25, -0.2) is 0 Å². The predicted molar refractivity (Wildman–Crippen MR) is 87.5 cm³/mol. The van der Waals surface area contributed by atoms with Gasteiger partial charge >= 0.3 is 0 Å². The van der Waals surface area contributed by atoms with Crippen LogP contribution in [0, 0.1) is 0 Å². The Morgan fingerprint density at radius 1 is 1.00 bits per heavy atom. The maximum atomic E-state index is 2.42. The largest absolute Gasteiger partial charge is 0.351 e. The summed E-state index contributed by atoms with van der Waals surface area (Å²) in [5.41, 5.74) is 5.68. The number of hydrogen-bond donors (Lipinski definition) is 0. The first kappa shape index (κ1) is 12.7. The Kier molecular flexibility index (Phi) is 2.86. The number of benzene rings is 2. The summed E-state index contributed by atoms with van der Waals surface area (Å²) in [6.45, 7) is 2.15. The topological polar surface area (TPSA) is 8.17 Å². The second-order valence-corrected chi connectivity index (χ2v) is 6.19. The van der Waals surface area contributed by atoms with Gasteiger partial charge in [0.05, 0.1) is 0 Å². The standard InChI is InChI=1S/C19H20N2/c1-20-12-16-5-3-4-6-17(16)18(13-20)14-7-8-19-15(11-14)9-10-21(19)2/h3-11,18H,12-13H2,1-2H3/t18-/m0/s1. The highest BCUT2D eigenvalue weighted by molar-refractivity contribution is 5.81. The Morgan fingerprint density at radius 3 is 2.76 bits per heavy atom. The van der Waals surface area contributed by atoms with Crippen LogP contribution in [0.15, 0.2) is 54.7 Å². The zero-order valence-corrected chi connectivity index (χ0v) is 12.6. The average molecular weight is 276 g/mol. The third-order valence-corrected chi connectivity index (χ3v) is 4.68. The number of aromatic nitrogens is 1. The maximum absolute atomic E-state index is 2.42. The van der Waals surface area contributed by atoms with E-state index in [1.54, 1.807) is 0 Å². The maximum Gasteiger partial charge on any atom is 0.0477 e. The van der Waals surface area contributed by atoms with Crippen molar-refractivity contribution in [2.45, 2.75) is 12.5 Å². The van der Waals surface area contributed by atoms with E-state index in [0.717, 1.165) is 13.1 Å². The van der Waals surface area contributed by atoms with E-state index in [1.165, 1.54) is 27.6 Å². The third-order valence-electron chi connectivity index (χ3n) is 4.68. The van der Waals surface area contributed by atoms with Gasteiger partial charge in [0.25, 0.3) is 0 Å². The quantitative estimate of drug-likeness (QED) is 0.657. The van der Waals surface area contributed by atoms with Crippen LogP contribution in [-0.2, 0) is 13.6 Å². The number of nitrogens with zero attached hydrogens (tertiary/aromatic N) is 2. The van der Waals surface area contributed by atoms with Crippen molar-refractivity contribution in [3.63, 3.8) is 0 Å². The van der Waals surface area contributed by atoms with E-state index in [0.29, 0.717) is 5.92 Å². The van der Waals surface area contributed by atoms with Gasteiger partial charge in [0.2, 0.25) is 0 Å². The van der Waals surface area contributed by atoms with Crippen LogP contribution in [0.3, 0.4) is 0 Å². The Balaban J connectivity index is 1.84. The van der Waals surface area contributed by atoms with Gasteiger partial charge in [0.15, 0.2) is 0 Å². The van der Waals surface area contributed by atoms with Crippen LogP contribution < -0.4 is 0 Å². The second-order valence-electron chi connectivity index (χ2n) is 6.19. The van der Waals surface area contributed by atoms with E-state index < -0.39 is 0 Å². The number of likely N-dealkylation sites (N-methyl/N-ethyl adjacent to an activating group) is 1. The molecule has 1 aliphatic heterocycles. The van der Waals surface area contributed by atoms with Crippen LogP contribution in [0.1, 0.15) is 22.6 Å². The van der Waals surface area contributed by atoms with Gasteiger partial charge in [-0.05, 0) is 47.3 Å². The van der Waals surface area contributed by atoms with Gasteiger partial charge in [0, 0.05) is 37.8 Å². The summed E-state index contributed by atoms with van der Waals surface area (Å²) >= 11 is 0. The monoisotopic (exact) mass is 276 g/mol. The molecule has 3 aromatic rings. The molecular formula is C19H20N2. The Labute approximate surface area is 125 Å². The van der Waals surface area contributed by atoms with Crippen molar-refractivity contribution in [2.24, 2.45) is 7.05 Å². The van der Waals surface area contributed by atoms with Crippen molar-refractivity contribution in [1.29, 1.82) is 0 Å². The van der Waals surface area contributed by atoms with Crippen molar-refractivity contribution in [1.82, 2.24) is 9.47 Å². The number of fused-ring (bicyclic) bond motifs is 2. The summed E-state index contributed by atoms with van der Waals surface area (Å²) in [7, 11) is 4.32. The smallest absolute Gasteiger partial charge is 0.0477 e. The summed E-state index contributed by atoms with van der Waals surface area (Å²) in [5, 5.41) is 1.33. The lowest BCUT2D eigenvalue weighted by atomic mass is 9.84. The Bertz CT molecular complexity index is 800. The van der Waals surface area contributed by atoms with Crippen LogP contribution >= 0.6 is 0 Å². The highest BCUT2D eigenvalue weighted by atomic mass is 15.1. The number of rotatable bonds is 1. The summed E-state index contributed by atoms with van der Waals surface area (Å²) in [5.74, 6) is 0.476. The fourth-order valence-corrected chi connectivity index (χ4v) is 3.59. The van der Waals surface area contributed by atoms with E-state index in [-0.39, 0.29) is 0 Å². The lowest BCUT2D eigenvalue weighted by Crippen LogP contribution is -2.30. The SMILES string of the molecule is CN1Cc2ccccc2[C@H](c2ccc3c(ccn3C)c2)C1. The molecular weight excluding hydrogens is 256 g/mol. The van der Waals surface area contributed by atoms with E-state index >= 15 is 0 Å². The van der Waals surface area contributed by atoms with Crippen molar-refractivity contribution in [3.8, 4) is 0 Å². The molecule has 1 aromatic heterocycles. The highest BCUT2D eigenvalue weighted by Crippen LogP contribution is 2.34. The average Bonchev–Trinajstić information content (AvgIpc) is 2.87. The minimum atomic E-state index is 0.476. The van der Waals surface area contributed by atoms with E-state index in [1.807, 2.05) is 0 Å². The lowest BCUT2D eigenvalue weighted by molar-refractivity contribution is 0.295. The molecule has 0 saturated carbocycles. The van der Waals surface area contributed by atoms with Crippen LogP contribution in [0.4, 0.5) is 0 Å². The summed E-state index contributed by atoms with van der Waals surface area (Å²) in [6.07, 6.45) is 2.13. The summed E-state index contributed by atoms with van der Waals surface area (Å²) < 4.78 is 2.18. The first-order chi connectivity index (χ1) is 10.2. The van der Waals surface area contributed by atoms with E-state index in [4.69, 9.17) is 0 Å². The molecule has 0 unspecified atom stereocenters. The van der Waals surface area contributed by atoms with Gasteiger partial charge in [-0.15, -0.1) is 0 Å². The minimum Gasteiger partial charge on any atom is -0.351 e. The molecule has 0 fully saturated rings. The zero-order chi connectivity index (χ0) is 14.4. The second kappa shape index (κ2) is 4.74. The molecule has 0 bridgehead atoms. The van der Waals surface area contributed by atoms with Crippen molar-refractivity contribution < 1.29 is 0 Å². The third kappa shape index (κ3) is 2.07. The van der Waals surface area contributed by atoms with E-state index in [2.05, 4.69) is 78.3 Å². The molecule has 21 heavy (non-hydrogen) atoms. The molecule has 0 amide bonds. The van der Waals surface area contributed by atoms with E-state index in [9.17, 15) is 0 Å². The molecule has 2 heteroatoms. The Morgan fingerprint density at radius 2 is 1.86 bits per heavy atom. The summed E-state index contributed by atoms with van der Waals surface area (Å²) in [4.78, 5) is 2.42. The van der Waals surface area contributed by atoms with Crippen LogP contribution in [0.5, 0.6) is 0 Å². The molecule has 0 spiro atoms. The molecule has 0 aliphatic carbocycles. The molecule has 0 radical (unpaired) electrons. The van der Waals surface area contributed by atoms with Gasteiger partial charge in [-0.2, -0.15) is 0 Å². The van der Waals surface area contributed by atoms with Gasteiger partial charge in [0.1, 0.15) is 0 Å². The molecule has 4 rings (SSSR count). The molecule has 1 aliphatic rings. The zero-order valence-electron chi connectivity index (χ0n) is 12.6. The summed E-state index contributed by atoms with van der Waals surface area (Å²) in [6, 6.07) is 18.0.